The molecule has 24 heavy (non-hydrogen) atoms. The van der Waals surface area contributed by atoms with Crippen molar-refractivity contribution in [3.8, 4) is 0 Å². The Morgan fingerprint density at radius 2 is 1.58 bits per heavy atom. The molecule has 3 rings (SSSR count). The van der Waals surface area contributed by atoms with Crippen molar-refractivity contribution in [2.45, 2.75) is 19.8 Å². The number of ether oxygens (including phenoxy) is 1. The van der Waals surface area contributed by atoms with Crippen molar-refractivity contribution >= 4 is 23.8 Å². The Bertz CT molecular complexity index is 723. The third-order valence-electron chi connectivity index (χ3n) is 4.09. The maximum atomic E-state index is 12.6. The largest absolute Gasteiger partial charge is 0.465 e. The average Bonchev–Trinajstić information content (AvgIpc) is 3.17. The molecule has 0 N–H and O–H groups in total. The van der Waals surface area contributed by atoms with E-state index in [1.807, 2.05) is 0 Å². The highest BCUT2D eigenvalue weighted by Gasteiger charge is 2.52. The Morgan fingerprint density at radius 1 is 1.04 bits per heavy atom. The molecule has 124 valence electrons. The first-order valence-corrected chi connectivity index (χ1v) is 7.53. The molecule has 7 heteroatoms. The number of benzene rings is 1. The van der Waals surface area contributed by atoms with Gasteiger partial charge in [0.1, 0.15) is 0 Å². The zero-order valence-corrected chi connectivity index (χ0v) is 13.0. The third kappa shape index (κ3) is 2.29. The zero-order valence-electron chi connectivity index (χ0n) is 13.0. The minimum absolute atomic E-state index is 0.105. The summed E-state index contributed by atoms with van der Waals surface area (Å²) in [7, 11) is 0. The molecule has 1 heterocycles. The molecule has 0 saturated heterocycles. The quantitative estimate of drug-likeness (QED) is 0.361. The highest BCUT2D eigenvalue weighted by molar-refractivity contribution is 6.21. The summed E-state index contributed by atoms with van der Waals surface area (Å²) in [5, 5.41) is 0.409. The lowest BCUT2D eigenvalue weighted by atomic mass is 9.85. The van der Waals surface area contributed by atoms with Crippen molar-refractivity contribution in [2.75, 3.05) is 6.61 Å². The number of allylic oxidation sites excluding steroid dienone is 2. The second-order valence-electron chi connectivity index (χ2n) is 5.51. The van der Waals surface area contributed by atoms with Gasteiger partial charge in [-0.25, -0.2) is 4.79 Å². The summed E-state index contributed by atoms with van der Waals surface area (Å²) in [6, 6.07) is 6.16. The minimum atomic E-state index is -1.55. The number of carbonyl (C=O) groups excluding carboxylic acids is 4. The van der Waals surface area contributed by atoms with Crippen molar-refractivity contribution in [2.24, 2.45) is 5.41 Å². The van der Waals surface area contributed by atoms with Crippen molar-refractivity contribution in [3.63, 3.8) is 0 Å². The van der Waals surface area contributed by atoms with Gasteiger partial charge in [-0.2, -0.15) is 0 Å². The number of hydrogen-bond acceptors (Lipinski definition) is 6. The van der Waals surface area contributed by atoms with Crippen LogP contribution in [-0.2, 0) is 19.2 Å². The summed E-state index contributed by atoms with van der Waals surface area (Å²) < 4.78 is 4.96. The van der Waals surface area contributed by atoms with Crippen LogP contribution >= 0.6 is 0 Å². The molecular weight excluding hydrogens is 314 g/mol. The van der Waals surface area contributed by atoms with Crippen LogP contribution in [0.3, 0.4) is 0 Å². The van der Waals surface area contributed by atoms with Gasteiger partial charge in [-0.05, 0) is 31.9 Å². The predicted molar refractivity (Wildman–Crippen MR) is 80.5 cm³/mol. The van der Waals surface area contributed by atoms with E-state index in [-0.39, 0.29) is 30.6 Å². The van der Waals surface area contributed by atoms with E-state index in [0.717, 1.165) is 0 Å². The molecule has 1 aromatic carbocycles. The third-order valence-corrected chi connectivity index (χ3v) is 4.09. The first-order chi connectivity index (χ1) is 11.5. The Labute approximate surface area is 137 Å². The van der Waals surface area contributed by atoms with Crippen LogP contribution < -0.4 is 0 Å². The summed E-state index contributed by atoms with van der Waals surface area (Å²) in [6.45, 7) is 1.74. The lowest BCUT2D eigenvalue weighted by molar-refractivity contribution is -0.188. The molecule has 0 saturated carbocycles. The van der Waals surface area contributed by atoms with E-state index in [1.54, 1.807) is 31.2 Å². The Balaban J connectivity index is 1.83. The molecule has 0 radical (unpaired) electrons. The molecule has 0 spiro atoms. The summed E-state index contributed by atoms with van der Waals surface area (Å²) >= 11 is 0. The number of rotatable bonds is 4. The van der Waals surface area contributed by atoms with Gasteiger partial charge in [0, 0.05) is 0 Å². The van der Waals surface area contributed by atoms with E-state index in [1.165, 1.54) is 12.1 Å². The van der Waals surface area contributed by atoms with Crippen LogP contribution in [0.2, 0.25) is 0 Å². The van der Waals surface area contributed by atoms with Gasteiger partial charge in [0.15, 0.2) is 5.41 Å². The highest BCUT2D eigenvalue weighted by Crippen LogP contribution is 2.37. The molecule has 0 fully saturated rings. The number of imide groups is 1. The van der Waals surface area contributed by atoms with Crippen LogP contribution in [-0.4, -0.2) is 35.4 Å². The fraction of sp³-hybridized carbons (Fsp3) is 0.294. The summed E-state index contributed by atoms with van der Waals surface area (Å²) in [6.07, 6.45) is 3.54. The molecular formula is C17H15NO6. The van der Waals surface area contributed by atoms with E-state index >= 15 is 0 Å². The van der Waals surface area contributed by atoms with Crippen molar-refractivity contribution in [1.82, 2.24) is 5.06 Å². The molecule has 2 amide bonds. The lowest BCUT2D eigenvalue weighted by Crippen LogP contribution is -2.44. The van der Waals surface area contributed by atoms with Crippen molar-refractivity contribution in [1.29, 1.82) is 0 Å². The number of esters is 1. The maximum Gasteiger partial charge on any atom is 0.351 e. The minimum Gasteiger partial charge on any atom is -0.465 e. The second-order valence-corrected chi connectivity index (χ2v) is 5.51. The number of amides is 2. The fourth-order valence-electron chi connectivity index (χ4n) is 2.76. The molecule has 0 bridgehead atoms. The number of fused-ring (bicyclic) bond motifs is 1. The normalized spacial score (nSPS) is 17.8. The lowest BCUT2D eigenvalue weighted by Gasteiger charge is -2.25. The smallest absolute Gasteiger partial charge is 0.351 e. The van der Waals surface area contributed by atoms with Crippen LogP contribution in [0.15, 0.2) is 36.4 Å². The highest BCUT2D eigenvalue weighted by atomic mass is 16.7. The van der Waals surface area contributed by atoms with Gasteiger partial charge in [0.05, 0.1) is 17.7 Å². The van der Waals surface area contributed by atoms with Crippen LogP contribution in [0.5, 0.6) is 0 Å². The van der Waals surface area contributed by atoms with Crippen LogP contribution in [0.4, 0.5) is 0 Å². The van der Waals surface area contributed by atoms with E-state index in [4.69, 9.17) is 9.57 Å². The topological polar surface area (TPSA) is 90.0 Å². The Morgan fingerprint density at radius 3 is 2.08 bits per heavy atom. The first-order valence-electron chi connectivity index (χ1n) is 7.53. The molecule has 1 aromatic rings. The number of hydroxylamine groups is 2. The standard InChI is InChI=1S/C17H15NO6/c1-2-23-15(21)17(9-5-6-10-17)16(22)24-18-13(19)11-7-3-4-8-12(11)14(18)20/h3-8H,2,9-10H2,1H3. The van der Waals surface area contributed by atoms with E-state index in [2.05, 4.69) is 0 Å². The van der Waals surface area contributed by atoms with Gasteiger partial charge >= 0.3 is 11.9 Å². The van der Waals surface area contributed by atoms with Crippen LogP contribution in [0.1, 0.15) is 40.5 Å². The zero-order chi connectivity index (χ0) is 17.3. The monoisotopic (exact) mass is 329 g/mol. The van der Waals surface area contributed by atoms with Crippen molar-refractivity contribution < 1.29 is 28.8 Å². The van der Waals surface area contributed by atoms with Gasteiger partial charge in [-0.15, -0.1) is 0 Å². The van der Waals surface area contributed by atoms with E-state index in [0.29, 0.717) is 5.06 Å². The summed E-state index contributed by atoms with van der Waals surface area (Å²) in [5.74, 6) is -3.15. The van der Waals surface area contributed by atoms with E-state index in [9.17, 15) is 19.2 Å². The van der Waals surface area contributed by atoms with Gasteiger partial charge in [-0.1, -0.05) is 29.3 Å². The second kappa shape index (κ2) is 5.92. The summed E-state index contributed by atoms with van der Waals surface area (Å²) in [5.41, 5.74) is -1.24. The Kier molecular flexibility index (Phi) is 3.92. The van der Waals surface area contributed by atoms with Crippen LogP contribution in [0, 0.1) is 5.41 Å². The molecule has 1 aliphatic heterocycles. The molecule has 0 atom stereocenters. The number of nitrogens with zero attached hydrogens (tertiary/aromatic N) is 1. The molecule has 7 nitrogen and oxygen atoms in total. The predicted octanol–water partition coefficient (Wildman–Crippen LogP) is 1.64. The summed E-state index contributed by atoms with van der Waals surface area (Å²) in [4.78, 5) is 54.3. The van der Waals surface area contributed by atoms with Crippen molar-refractivity contribution in [3.05, 3.63) is 47.5 Å². The Hall–Kier alpha value is -2.96. The molecule has 0 unspecified atom stereocenters. The molecule has 0 aromatic heterocycles. The maximum absolute atomic E-state index is 12.6. The average molecular weight is 329 g/mol. The number of carbonyl (C=O) groups is 4. The van der Waals surface area contributed by atoms with Gasteiger partial charge in [0.25, 0.3) is 11.8 Å². The number of hydrogen-bond donors (Lipinski definition) is 0. The van der Waals surface area contributed by atoms with Gasteiger partial charge in [-0.3, -0.25) is 14.4 Å². The molecule has 2 aliphatic rings. The first kappa shape index (κ1) is 15.9. The van der Waals surface area contributed by atoms with Gasteiger partial charge < -0.3 is 9.57 Å². The molecule has 1 aliphatic carbocycles. The SMILES string of the molecule is CCOC(=O)C1(C(=O)ON2C(=O)c3ccccc3C2=O)CC=CC1. The fourth-order valence-corrected chi connectivity index (χ4v) is 2.76. The van der Waals surface area contributed by atoms with Crippen LogP contribution in [0.25, 0.3) is 0 Å². The van der Waals surface area contributed by atoms with Gasteiger partial charge in [0.2, 0.25) is 0 Å². The van der Waals surface area contributed by atoms with E-state index < -0.39 is 29.2 Å².